The fraction of sp³-hybridized carbons (Fsp3) is 0.273. The molecule has 0 bridgehead atoms. The number of hydrogen-bond donors (Lipinski definition) is 1. The second kappa shape index (κ2) is 5.23. The van der Waals surface area contributed by atoms with Crippen LogP contribution in [-0.2, 0) is 20.1 Å². The molecule has 0 fully saturated rings. The van der Waals surface area contributed by atoms with Crippen molar-refractivity contribution in [3.63, 3.8) is 0 Å². The monoisotopic (exact) mass is 280 g/mol. The van der Waals surface area contributed by atoms with Crippen LogP contribution in [0.5, 0.6) is 0 Å². The van der Waals surface area contributed by atoms with E-state index in [9.17, 15) is 0 Å². The highest BCUT2D eigenvalue weighted by molar-refractivity contribution is 9.10. The lowest BCUT2D eigenvalue weighted by atomic mass is 10.3. The van der Waals surface area contributed by atoms with Crippen molar-refractivity contribution in [3.05, 3.63) is 46.7 Å². The standard InChI is InChI=1S/C11H13BrN4/c1-16-3-2-15-11(16)8-14-6-9-4-10(12)7-13-5-9/h2-5,7,14H,6,8H2,1H3. The second-order valence-corrected chi connectivity index (χ2v) is 4.49. The number of pyridine rings is 1. The molecular weight excluding hydrogens is 268 g/mol. The maximum Gasteiger partial charge on any atom is 0.122 e. The molecule has 0 amide bonds. The van der Waals surface area contributed by atoms with Gasteiger partial charge in [0.15, 0.2) is 0 Å². The van der Waals surface area contributed by atoms with E-state index in [2.05, 4.69) is 37.3 Å². The zero-order valence-corrected chi connectivity index (χ0v) is 10.6. The maximum absolute atomic E-state index is 4.24. The topological polar surface area (TPSA) is 42.7 Å². The first-order chi connectivity index (χ1) is 7.75. The highest BCUT2D eigenvalue weighted by Crippen LogP contribution is 2.09. The quantitative estimate of drug-likeness (QED) is 0.930. The summed E-state index contributed by atoms with van der Waals surface area (Å²) < 4.78 is 3.01. The van der Waals surface area contributed by atoms with Crippen molar-refractivity contribution in [3.8, 4) is 0 Å². The van der Waals surface area contributed by atoms with Crippen molar-refractivity contribution in [2.45, 2.75) is 13.1 Å². The molecule has 16 heavy (non-hydrogen) atoms. The Morgan fingerprint density at radius 3 is 2.94 bits per heavy atom. The third-order valence-electron chi connectivity index (χ3n) is 2.29. The molecule has 0 radical (unpaired) electrons. The summed E-state index contributed by atoms with van der Waals surface area (Å²) in [7, 11) is 1.99. The van der Waals surface area contributed by atoms with Crippen LogP contribution in [0.25, 0.3) is 0 Å². The lowest BCUT2D eigenvalue weighted by molar-refractivity contribution is 0.637. The summed E-state index contributed by atoms with van der Waals surface area (Å²) in [6.45, 7) is 1.55. The lowest BCUT2D eigenvalue weighted by Gasteiger charge is -2.05. The summed E-state index contributed by atoms with van der Waals surface area (Å²) in [6, 6.07) is 2.05. The van der Waals surface area contributed by atoms with E-state index in [1.54, 1.807) is 12.4 Å². The Balaban J connectivity index is 1.87. The van der Waals surface area contributed by atoms with E-state index in [-0.39, 0.29) is 0 Å². The molecule has 2 heterocycles. The largest absolute Gasteiger partial charge is 0.337 e. The van der Waals surface area contributed by atoms with Gasteiger partial charge < -0.3 is 9.88 Å². The van der Waals surface area contributed by atoms with Crippen molar-refractivity contribution in [2.75, 3.05) is 0 Å². The van der Waals surface area contributed by atoms with Gasteiger partial charge >= 0.3 is 0 Å². The van der Waals surface area contributed by atoms with Gasteiger partial charge in [-0.05, 0) is 27.6 Å². The summed E-state index contributed by atoms with van der Waals surface area (Å²) in [6.07, 6.45) is 7.38. The van der Waals surface area contributed by atoms with Crippen LogP contribution < -0.4 is 5.32 Å². The van der Waals surface area contributed by atoms with Crippen LogP contribution in [0.3, 0.4) is 0 Å². The molecule has 84 valence electrons. The van der Waals surface area contributed by atoms with E-state index < -0.39 is 0 Å². The van der Waals surface area contributed by atoms with E-state index in [1.165, 1.54) is 0 Å². The molecule has 0 aliphatic carbocycles. The molecule has 0 saturated heterocycles. The third kappa shape index (κ3) is 2.90. The van der Waals surface area contributed by atoms with E-state index in [0.29, 0.717) is 0 Å². The molecule has 2 aromatic rings. The fourth-order valence-electron chi connectivity index (χ4n) is 1.44. The van der Waals surface area contributed by atoms with Crippen molar-refractivity contribution in [1.29, 1.82) is 0 Å². The van der Waals surface area contributed by atoms with Crippen LogP contribution in [0.2, 0.25) is 0 Å². The van der Waals surface area contributed by atoms with Gasteiger partial charge in [-0.1, -0.05) is 0 Å². The average Bonchev–Trinajstić information content (AvgIpc) is 2.65. The molecule has 0 spiro atoms. The predicted octanol–water partition coefficient (Wildman–Crippen LogP) is 1.87. The first-order valence-corrected chi connectivity index (χ1v) is 5.81. The van der Waals surface area contributed by atoms with Crippen molar-refractivity contribution in [2.24, 2.45) is 7.05 Å². The minimum Gasteiger partial charge on any atom is -0.337 e. The number of hydrogen-bond acceptors (Lipinski definition) is 3. The summed E-state index contributed by atoms with van der Waals surface area (Å²) >= 11 is 3.40. The number of aromatic nitrogens is 3. The van der Waals surface area contributed by atoms with Gasteiger partial charge in [0.25, 0.3) is 0 Å². The van der Waals surface area contributed by atoms with Gasteiger partial charge in [0.05, 0.1) is 6.54 Å². The van der Waals surface area contributed by atoms with Crippen LogP contribution in [-0.4, -0.2) is 14.5 Å². The Labute approximate surface area is 103 Å². The average molecular weight is 281 g/mol. The molecule has 0 aromatic carbocycles. The Morgan fingerprint density at radius 2 is 2.25 bits per heavy atom. The Bertz CT molecular complexity index is 467. The van der Waals surface area contributed by atoms with Crippen LogP contribution in [0.1, 0.15) is 11.4 Å². The molecule has 0 unspecified atom stereocenters. The Kier molecular flexibility index (Phi) is 3.69. The number of nitrogens with zero attached hydrogens (tertiary/aromatic N) is 3. The molecule has 4 nitrogen and oxygen atoms in total. The van der Waals surface area contributed by atoms with Crippen LogP contribution in [0.15, 0.2) is 35.3 Å². The molecule has 5 heteroatoms. The SMILES string of the molecule is Cn1ccnc1CNCc1cncc(Br)c1. The second-order valence-electron chi connectivity index (χ2n) is 3.57. The van der Waals surface area contributed by atoms with Gasteiger partial charge in [-0.25, -0.2) is 4.98 Å². The van der Waals surface area contributed by atoms with Crippen molar-refractivity contribution >= 4 is 15.9 Å². The van der Waals surface area contributed by atoms with Gasteiger partial charge in [0.2, 0.25) is 0 Å². The number of nitrogens with one attached hydrogen (secondary N) is 1. The number of imidazole rings is 1. The highest BCUT2D eigenvalue weighted by Gasteiger charge is 1.99. The zero-order valence-electron chi connectivity index (χ0n) is 9.02. The normalized spacial score (nSPS) is 10.6. The van der Waals surface area contributed by atoms with Crippen molar-refractivity contribution < 1.29 is 0 Å². The summed E-state index contributed by atoms with van der Waals surface area (Å²) in [5.41, 5.74) is 1.16. The maximum atomic E-state index is 4.24. The molecule has 2 rings (SSSR count). The molecule has 0 aliphatic heterocycles. The van der Waals surface area contributed by atoms with Crippen molar-refractivity contribution in [1.82, 2.24) is 19.9 Å². The van der Waals surface area contributed by atoms with Crippen LogP contribution in [0, 0.1) is 0 Å². The lowest BCUT2D eigenvalue weighted by Crippen LogP contribution is -2.15. The fourth-order valence-corrected chi connectivity index (χ4v) is 1.85. The van der Waals surface area contributed by atoms with Gasteiger partial charge in [0, 0.05) is 42.9 Å². The smallest absolute Gasteiger partial charge is 0.122 e. The van der Waals surface area contributed by atoms with Crippen LogP contribution >= 0.6 is 15.9 Å². The first kappa shape index (κ1) is 11.3. The highest BCUT2D eigenvalue weighted by atomic mass is 79.9. The summed E-state index contributed by atoms with van der Waals surface area (Å²) in [4.78, 5) is 8.35. The van der Waals surface area contributed by atoms with Gasteiger partial charge in [0.1, 0.15) is 5.82 Å². The first-order valence-electron chi connectivity index (χ1n) is 5.02. The number of aryl methyl sites for hydroxylation is 1. The van der Waals surface area contributed by atoms with E-state index >= 15 is 0 Å². The number of rotatable bonds is 4. The third-order valence-corrected chi connectivity index (χ3v) is 2.73. The molecular formula is C11H13BrN4. The molecule has 2 aromatic heterocycles. The molecule has 0 atom stereocenters. The van der Waals surface area contributed by atoms with Gasteiger partial charge in [-0.15, -0.1) is 0 Å². The predicted molar refractivity (Wildman–Crippen MR) is 65.7 cm³/mol. The molecule has 1 N–H and O–H groups in total. The minimum atomic E-state index is 0.760. The molecule has 0 saturated carbocycles. The minimum absolute atomic E-state index is 0.760. The van der Waals surface area contributed by atoms with Crippen LogP contribution in [0.4, 0.5) is 0 Å². The summed E-state index contributed by atoms with van der Waals surface area (Å²) in [5.74, 6) is 1.03. The van der Waals surface area contributed by atoms with E-state index in [1.807, 2.05) is 24.0 Å². The zero-order chi connectivity index (χ0) is 11.4. The Hall–Kier alpha value is -1.20. The van der Waals surface area contributed by atoms with Gasteiger partial charge in [-0.3, -0.25) is 4.98 Å². The Morgan fingerprint density at radius 1 is 1.38 bits per heavy atom. The van der Waals surface area contributed by atoms with E-state index in [4.69, 9.17) is 0 Å². The molecule has 0 aliphatic rings. The number of halogens is 1. The van der Waals surface area contributed by atoms with Gasteiger partial charge in [-0.2, -0.15) is 0 Å². The summed E-state index contributed by atoms with van der Waals surface area (Å²) in [5, 5.41) is 3.33. The van der Waals surface area contributed by atoms with E-state index in [0.717, 1.165) is 29.0 Å².